The van der Waals surface area contributed by atoms with Crippen LogP contribution < -0.4 is 5.32 Å². The maximum Gasteiger partial charge on any atom is 0.225 e. The molecule has 0 saturated heterocycles. The van der Waals surface area contributed by atoms with Gasteiger partial charge in [0.05, 0.1) is 22.5 Å². The zero-order valence-electron chi connectivity index (χ0n) is 15.3. The van der Waals surface area contributed by atoms with Gasteiger partial charge in [-0.15, -0.1) is 0 Å². The van der Waals surface area contributed by atoms with Crippen LogP contribution in [0.25, 0.3) is 11.3 Å². The number of hydrogen-bond donors (Lipinski definition) is 1. The molecule has 0 aliphatic carbocycles. The van der Waals surface area contributed by atoms with Crippen molar-refractivity contribution in [2.24, 2.45) is 0 Å². The first kappa shape index (κ1) is 18.4. The molecule has 2 heterocycles. The van der Waals surface area contributed by atoms with E-state index in [9.17, 15) is 13.2 Å². The normalized spacial score (nSPS) is 13.3. The fourth-order valence-corrected chi connectivity index (χ4v) is 4.70. The van der Waals surface area contributed by atoms with Crippen LogP contribution in [-0.2, 0) is 27.6 Å². The SMILES string of the molecule is O=C(CCS(=O)(=O)c1ccccc1)Nc1cccc(-c2cnc3n2CCC3)c1. The van der Waals surface area contributed by atoms with E-state index in [2.05, 4.69) is 14.9 Å². The fraction of sp³-hybridized carbons (Fsp3) is 0.238. The quantitative estimate of drug-likeness (QED) is 0.694. The van der Waals surface area contributed by atoms with Gasteiger partial charge in [0.1, 0.15) is 5.82 Å². The molecule has 6 nitrogen and oxygen atoms in total. The molecule has 144 valence electrons. The van der Waals surface area contributed by atoms with Crippen LogP contribution in [0.5, 0.6) is 0 Å². The van der Waals surface area contributed by atoms with E-state index in [0.29, 0.717) is 5.69 Å². The van der Waals surface area contributed by atoms with Crippen molar-refractivity contribution in [3.8, 4) is 11.3 Å². The number of nitrogens with zero attached hydrogens (tertiary/aromatic N) is 2. The minimum atomic E-state index is -3.47. The number of anilines is 1. The molecule has 28 heavy (non-hydrogen) atoms. The molecule has 0 bridgehead atoms. The van der Waals surface area contributed by atoms with Crippen LogP contribution >= 0.6 is 0 Å². The zero-order chi connectivity index (χ0) is 19.6. The van der Waals surface area contributed by atoms with Crippen molar-refractivity contribution >= 4 is 21.4 Å². The Bertz CT molecular complexity index is 1100. The van der Waals surface area contributed by atoms with Gasteiger partial charge in [-0.25, -0.2) is 13.4 Å². The molecule has 1 aliphatic heterocycles. The van der Waals surface area contributed by atoms with Gasteiger partial charge in [-0.3, -0.25) is 4.79 Å². The summed E-state index contributed by atoms with van der Waals surface area (Å²) in [6.07, 6.45) is 3.86. The number of aryl methyl sites for hydroxylation is 1. The predicted octanol–water partition coefficient (Wildman–Crippen LogP) is 3.30. The number of sulfone groups is 1. The average Bonchev–Trinajstić information content (AvgIpc) is 3.31. The lowest BCUT2D eigenvalue weighted by atomic mass is 10.1. The third-order valence-electron chi connectivity index (χ3n) is 4.86. The van der Waals surface area contributed by atoms with Crippen molar-refractivity contribution < 1.29 is 13.2 Å². The largest absolute Gasteiger partial charge is 0.328 e. The summed E-state index contributed by atoms with van der Waals surface area (Å²) < 4.78 is 26.8. The molecule has 0 spiro atoms. The molecule has 2 aromatic carbocycles. The number of imidazole rings is 1. The molecule has 1 aliphatic rings. The Labute approximate surface area is 164 Å². The molecule has 7 heteroatoms. The zero-order valence-corrected chi connectivity index (χ0v) is 16.2. The summed E-state index contributed by atoms with van der Waals surface area (Å²) in [6, 6.07) is 15.7. The number of aromatic nitrogens is 2. The second kappa shape index (κ2) is 7.59. The third kappa shape index (κ3) is 3.84. The molecule has 0 radical (unpaired) electrons. The number of benzene rings is 2. The van der Waals surface area contributed by atoms with E-state index in [4.69, 9.17) is 0 Å². The molecule has 4 rings (SSSR count). The van der Waals surface area contributed by atoms with Crippen molar-refractivity contribution in [2.45, 2.75) is 30.7 Å². The Morgan fingerprint density at radius 3 is 2.75 bits per heavy atom. The minimum Gasteiger partial charge on any atom is -0.328 e. The highest BCUT2D eigenvalue weighted by molar-refractivity contribution is 7.91. The lowest BCUT2D eigenvalue weighted by Gasteiger charge is -2.09. The van der Waals surface area contributed by atoms with E-state index >= 15 is 0 Å². The maximum absolute atomic E-state index is 12.3. The first-order valence-corrected chi connectivity index (χ1v) is 10.9. The Morgan fingerprint density at radius 1 is 1.11 bits per heavy atom. The highest BCUT2D eigenvalue weighted by atomic mass is 32.2. The van der Waals surface area contributed by atoms with Crippen LogP contribution in [-0.4, -0.2) is 29.6 Å². The molecule has 3 aromatic rings. The van der Waals surface area contributed by atoms with Crippen LogP contribution in [0.4, 0.5) is 5.69 Å². The second-order valence-electron chi connectivity index (χ2n) is 6.83. The van der Waals surface area contributed by atoms with E-state index in [-0.39, 0.29) is 23.0 Å². The molecule has 0 unspecified atom stereocenters. The summed E-state index contributed by atoms with van der Waals surface area (Å²) in [5.74, 6) is 0.546. The summed E-state index contributed by atoms with van der Waals surface area (Å²) in [7, 11) is -3.47. The number of amides is 1. The first-order chi connectivity index (χ1) is 13.5. The minimum absolute atomic E-state index is 0.0937. The predicted molar refractivity (Wildman–Crippen MR) is 108 cm³/mol. The van der Waals surface area contributed by atoms with Gasteiger partial charge >= 0.3 is 0 Å². The van der Waals surface area contributed by atoms with Crippen molar-refractivity contribution in [3.05, 3.63) is 66.6 Å². The van der Waals surface area contributed by atoms with Gasteiger partial charge < -0.3 is 9.88 Å². The van der Waals surface area contributed by atoms with Crippen molar-refractivity contribution in [1.29, 1.82) is 0 Å². The van der Waals surface area contributed by atoms with Gasteiger partial charge in [0.15, 0.2) is 9.84 Å². The lowest BCUT2D eigenvalue weighted by molar-refractivity contribution is -0.115. The highest BCUT2D eigenvalue weighted by Gasteiger charge is 2.18. The summed E-state index contributed by atoms with van der Waals surface area (Å²) in [5, 5.41) is 2.80. The molecule has 1 N–H and O–H groups in total. The summed E-state index contributed by atoms with van der Waals surface area (Å²) in [6.45, 7) is 0.957. The lowest BCUT2D eigenvalue weighted by Crippen LogP contribution is -2.17. The standard InChI is InChI=1S/C21H21N3O3S/c25-21(11-13-28(26,27)18-8-2-1-3-9-18)23-17-7-4-6-16(14-17)19-15-22-20-10-5-12-24(19)20/h1-4,6-9,14-15H,5,10-13H2,(H,23,25). The number of carbonyl (C=O) groups excluding carboxylic acids is 1. The Balaban J connectivity index is 1.42. The summed E-state index contributed by atoms with van der Waals surface area (Å²) in [5.41, 5.74) is 2.67. The highest BCUT2D eigenvalue weighted by Crippen LogP contribution is 2.27. The molecule has 1 amide bonds. The van der Waals surface area contributed by atoms with Crippen molar-refractivity contribution in [1.82, 2.24) is 9.55 Å². The third-order valence-corrected chi connectivity index (χ3v) is 6.59. The maximum atomic E-state index is 12.3. The van der Waals surface area contributed by atoms with E-state index in [1.807, 2.05) is 24.4 Å². The van der Waals surface area contributed by atoms with E-state index in [1.54, 1.807) is 36.4 Å². The number of nitrogens with one attached hydrogen (secondary N) is 1. The molecule has 0 atom stereocenters. The monoisotopic (exact) mass is 395 g/mol. The van der Waals surface area contributed by atoms with Crippen LogP contribution in [0.2, 0.25) is 0 Å². The number of fused-ring (bicyclic) bond motifs is 1. The number of hydrogen-bond acceptors (Lipinski definition) is 4. The van der Waals surface area contributed by atoms with E-state index < -0.39 is 9.84 Å². The topological polar surface area (TPSA) is 81.1 Å². The molecular weight excluding hydrogens is 374 g/mol. The van der Waals surface area contributed by atoms with E-state index in [0.717, 1.165) is 36.5 Å². The summed E-state index contributed by atoms with van der Waals surface area (Å²) >= 11 is 0. The Morgan fingerprint density at radius 2 is 1.93 bits per heavy atom. The van der Waals surface area contributed by atoms with Gasteiger partial charge in [-0.05, 0) is 30.7 Å². The average molecular weight is 395 g/mol. The molecule has 0 saturated carbocycles. The van der Waals surface area contributed by atoms with Crippen molar-refractivity contribution in [3.63, 3.8) is 0 Å². The van der Waals surface area contributed by atoms with E-state index in [1.165, 1.54) is 0 Å². The number of carbonyl (C=O) groups is 1. The van der Waals surface area contributed by atoms with Crippen LogP contribution in [0, 0.1) is 0 Å². The van der Waals surface area contributed by atoms with Gasteiger partial charge in [0, 0.05) is 30.6 Å². The van der Waals surface area contributed by atoms with Gasteiger partial charge in [-0.1, -0.05) is 30.3 Å². The summed E-state index contributed by atoms with van der Waals surface area (Å²) in [4.78, 5) is 17.0. The van der Waals surface area contributed by atoms with Crippen LogP contribution in [0.15, 0.2) is 65.7 Å². The Hall–Kier alpha value is -2.93. The fourth-order valence-electron chi connectivity index (χ4n) is 3.44. The first-order valence-electron chi connectivity index (χ1n) is 9.25. The van der Waals surface area contributed by atoms with Crippen LogP contribution in [0.3, 0.4) is 0 Å². The van der Waals surface area contributed by atoms with Gasteiger partial charge in [0.2, 0.25) is 5.91 Å². The second-order valence-corrected chi connectivity index (χ2v) is 8.93. The Kier molecular flexibility index (Phi) is 5.00. The van der Waals surface area contributed by atoms with Gasteiger partial charge in [-0.2, -0.15) is 0 Å². The van der Waals surface area contributed by atoms with Crippen LogP contribution in [0.1, 0.15) is 18.7 Å². The number of rotatable bonds is 6. The van der Waals surface area contributed by atoms with Gasteiger partial charge in [0.25, 0.3) is 0 Å². The van der Waals surface area contributed by atoms with Crippen molar-refractivity contribution in [2.75, 3.05) is 11.1 Å². The molecule has 1 aromatic heterocycles. The molecule has 0 fully saturated rings. The smallest absolute Gasteiger partial charge is 0.225 e. The molecular formula is C21H21N3O3S.